The summed E-state index contributed by atoms with van der Waals surface area (Å²) in [5.74, 6) is 2.16. The molecule has 0 amide bonds. The third-order valence-electron chi connectivity index (χ3n) is 3.38. The Labute approximate surface area is 127 Å². The second-order valence-electron chi connectivity index (χ2n) is 4.86. The molecule has 2 aromatic heterocycles. The Hall–Kier alpha value is -3.21. The van der Waals surface area contributed by atoms with E-state index >= 15 is 0 Å². The molecule has 0 spiro atoms. The maximum Gasteiger partial charge on any atom is 0.162 e. The minimum absolute atomic E-state index is 0.692. The summed E-state index contributed by atoms with van der Waals surface area (Å²) in [6.07, 6.45) is 1.77. The predicted molar refractivity (Wildman–Crippen MR) is 86.8 cm³/mol. The van der Waals surface area contributed by atoms with Gasteiger partial charge in [-0.2, -0.15) is 5.10 Å². The van der Waals surface area contributed by atoms with Crippen LogP contribution in [0.15, 0.2) is 66.9 Å². The van der Waals surface area contributed by atoms with E-state index in [1.165, 1.54) is 0 Å². The molecule has 22 heavy (non-hydrogen) atoms. The highest BCUT2D eigenvalue weighted by Gasteiger charge is 2.09. The van der Waals surface area contributed by atoms with Crippen molar-refractivity contribution in [2.24, 2.45) is 0 Å². The van der Waals surface area contributed by atoms with E-state index in [1.807, 2.05) is 60.7 Å². The van der Waals surface area contributed by atoms with Gasteiger partial charge < -0.3 is 5.32 Å². The summed E-state index contributed by atoms with van der Waals surface area (Å²) in [6.45, 7) is 0. The summed E-state index contributed by atoms with van der Waals surface area (Å²) in [7, 11) is 0. The number of nitrogens with zero attached hydrogens (tertiary/aromatic N) is 3. The highest BCUT2D eigenvalue weighted by atomic mass is 15.2. The second kappa shape index (κ2) is 5.29. The number of H-pyrrole nitrogens is 1. The molecule has 0 aliphatic rings. The largest absolute Gasteiger partial charge is 0.323 e. The Morgan fingerprint density at radius 2 is 1.64 bits per heavy atom. The van der Waals surface area contributed by atoms with Crippen molar-refractivity contribution in [2.45, 2.75) is 0 Å². The Morgan fingerprint density at radius 3 is 2.45 bits per heavy atom. The molecule has 5 nitrogen and oxygen atoms in total. The Bertz CT molecular complexity index is 901. The van der Waals surface area contributed by atoms with E-state index in [-0.39, 0.29) is 0 Å². The van der Waals surface area contributed by atoms with Crippen molar-refractivity contribution in [1.29, 1.82) is 0 Å². The van der Waals surface area contributed by atoms with Crippen LogP contribution in [0.3, 0.4) is 0 Å². The quantitative estimate of drug-likeness (QED) is 0.602. The van der Waals surface area contributed by atoms with Crippen LogP contribution in [0.25, 0.3) is 22.3 Å². The van der Waals surface area contributed by atoms with Crippen molar-refractivity contribution in [3.05, 3.63) is 66.9 Å². The molecule has 0 aliphatic heterocycles. The van der Waals surface area contributed by atoms with Crippen molar-refractivity contribution in [1.82, 2.24) is 20.2 Å². The number of hydrogen-bond donors (Lipinski definition) is 2. The minimum atomic E-state index is 0.692. The van der Waals surface area contributed by atoms with Crippen LogP contribution in [0.2, 0.25) is 0 Å². The van der Waals surface area contributed by atoms with Crippen LogP contribution in [0.4, 0.5) is 11.6 Å². The zero-order valence-corrected chi connectivity index (χ0v) is 11.7. The fourth-order valence-electron chi connectivity index (χ4n) is 2.34. The standard InChI is InChI=1S/C17H13N5/c1-2-6-12(7-3-1)16-19-14-9-5-4-8-13(14)17(21-16)20-15-10-11-18-22-15/h1-11H,(H2,18,19,20,21,22). The fraction of sp³-hybridized carbons (Fsp3) is 0. The van der Waals surface area contributed by atoms with Gasteiger partial charge >= 0.3 is 0 Å². The molecule has 0 aliphatic carbocycles. The van der Waals surface area contributed by atoms with Gasteiger partial charge in [0.05, 0.1) is 5.52 Å². The summed E-state index contributed by atoms with van der Waals surface area (Å²) in [6, 6.07) is 19.7. The molecular formula is C17H13N5. The van der Waals surface area contributed by atoms with Gasteiger partial charge in [-0.1, -0.05) is 42.5 Å². The van der Waals surface area contributed by atoms with Crippen LogP contribution in [0, 0.1) is 0 Å². The van der Waals surface area contributed by atoms with Crippen molar-refractivity contribution in [2.75, 3.05) is 5.32 Å². The van der Waals surface area contributed by atoms with Gasteiger partial charge in [-0.25, -0.2) is 9.97 Å². The lowest BCUT2D eigenvalue weighted by molar-refractivity contribution is 1.09. The lowest BCUT2D eigenvalue weighted by Crippen LogP contribution is -1.99. The number of anilines is 2. The number of rotatable bonds is 3. The zero-order valence-electron chi connectivity index (χ0n) is 11.7. The van der Waals surface area contributed by atoms with Crippen LogP contribution in [-0.2, 0) is 0 Å². The molecule has 5 heteroatoms. The molecule has 4 rings (SSSR count). The monoisotopic (exact) mass is 287 g/mol. The third kappa shape index (κ3) is 2.29. The number of nitrogens with one attached hydrogen (secondary N) is 2. The SMILES string of the molecule is c1ccc(-c2nc(Nc3cc[nH]n3)c3ccccc3n2)cc1. The highest BCUT2D eigenvalue weighted by Crippen LogP contribution is 2.26. The van der Waals surface area contributed by atoms with E-state index in [9.17, 15) is 0 Å². The van der Waals surface area contributed by atoms with E-state index in [0.717, 1.165) is 28.1 Å². The maximum absolute atomic E-state index is 4.67. The van der Waals surface area contributed by atoms with Crippen LogP contribution in [0.5, 0.6) is 0 Å². The zero-order chi connectivity index (χ0) is 14.8. The van der Waals surface area contributed by atoms with Crippen LogP contribution in [-0.4, -0.2) is 20.2 Å². The van der Waals surface area contributed by atoms with Gasteiger partial charge in [0.25, 0.3) is 0 Å². The van der Waals surface area contributed by atoms with Crippen molar-refractivity contribution in [3.63, 3.8) is 0 Å². The molecule has 106 valence electrons. The predicted octanol–water partition coefficient (Wildman–Crippen LogP) is 3.76. The first kappa shape index (κ1) is 12.5. The van der Waals surface area contributed by atoms with E-state index < -0.39 is 0 Å². The van der Waals surface area contributed by atoms with Gasteiger partial charge in [0, 0.05) is 23.2 Å². The summed E-state index contributed by atoms with van der Waals surface area (Å²) >= 11 is 0. The minimum Gasteiger partial charge on any atom is -0.323 e. The number of aromatic amines is 1. The van der Waals surface area contributed by atoms with E-state index in [2.05, 4.69) is 25.5 Å². The summed E-state index contributed by atoms with van der Waals surface area (Å²) in [4.78, 5) is 9.33. The topological polar surface area (TPSA) is 66.5 Å². The average Bonchev–Trinajstić information content (AvgIpc) is 3.09. The summed E-state index contributed by atoms with van der Waals surface area (Å²) in [5, 5.41) is 11.1. The van der Waals surface area contributed by atoms with E-state index in [0.29, 0.717) is 5.82 Å². The second-order valence-corrected chi connectivity index (χ2v) is 4.86. The first-order valence-electron chi connectivity index (χ1n) is 6.99. The maximum atomic E-state index is 4.67. The third-order valence-corrected chi connectivity index (χ3v) is 3.38. The first-order chi connectivity index (χ1) is 10.9. The molecule has 2 aromatic carbocycles. The van der Waals surface area contributed by atoms with Gasteiger partial charge in [0.15, 0.2) is 11.6 Å². The normalized spacial score (nSPS) is 10.7. The number of hydrogen-bond acceptors (Lipinski definition) is 4. The van der Waals surface area contributed by atoms with Crippen molar-refractivity contribution >= 4 is 22.5 Å². The van der Waals surface area contributed by atoms with Crippen molar-refractivity contribution in [3.8, 4) is 11.4 Å². The average molecular weight is 287 g/mol. The fourth-order valence-corrected chi connectivity index (χ4v) is 2.34. The van der Waals surface area contributed by atoms with Gasteiger partial charge in [-0.3, -0.25) is 5.10 Å². The van der Waals surface area contributed by atoms with Gasteiger partial charge in [-0.15, -0.1) is 0 Å². The van der Waals surface area contributed by atoms with Crippen LogP contribution in [0.1, 0.15) is 0 Å². The lowest BCUT2D eigenvalue weighted by atomic mass is 10.2. The van der Waals surface area contributed by atoms with E-state index in [4.69, 9.17) is 0 Å². The number of benzene rings is 2. The highest BCUT2D eigenvalue weighted by molar-refractivity contribution is 5.91. The van der Waals surface area contributed by atoms with Crippen molar-refractivity contribution < 1.29 is 0 Å². The molecule has 0 radical (unpaired) electrons. The van der Waals surface area contributed by atoms with E-state index in [1.54, 1.807) is 6.20 Å². The van der Waals surface area contributed by atoms with Gasteiger partial charge in [-0.05, 0) is 12.1 Å². The number of para-hydroxylation sites is 1. The molecule has 0 saturated carbocycles. The van der Waals surface area contributed by atoms with Crippen LogP contribution >= 0.6 is 0 Å². The Morgan fingerprint density at radius 1 is 0.818 bits per heavy atom. The molecule has 0 fully saturated rings. The molecule has 0 unspecified atom stereocenters. The Balaban J connectivity index is 1.89. The number of aromatic nitrogens is 4. The molecule has 0 atom stereocenters. The molecule has 4 aromatic rings. The first-order valence-corrected chi connectivity index (χ1v) is 6.99. The molecule has 2 N–H and O–H groups in total. The number of fused-ring (bicyclic) bond motifs is 1. The Kier molecular flexibility index (Phi) is 3.01. The molecular weight excluding hydrogens is 274 g/mol. The molecule has 0 bridgehead atoms. The summed E-state index contributed by atoms with van der Waals surface area (Å²) < 4.78 is 0. The van der Waals surface area contributed by atoms with Gasteiger partial charge in [0.1, 0.15) is 5.82 Å². The summed E-state index contributed by atoms with van der Waals surface area (Å²) in [5.41, 5.74) is 1.88. The molecule has 2 heterocycles. The van der Waals surface area contributed by atoms with Crippen LogP contribution < -0.4 is 5.32 Å². The van der Waals surface area contributed by atoms with Gasteiger partial charge in [0.2, 0.25) is 0 Å². The smallest absolute Gasteiger partial charge is 0.162 e. The molecule has 0 saturated heterocycles. The lowest BCUT2D eigenvalue weighted by Gasteiger charge is -2.09.